The van der Waals surface area contributed by atoms with E-state index in [4.69, 9.17) is 4.98 Å². The van der Waals surface area contributed by atoms with Gasteiger partial charge in [0.2, 0.25) is 5.95 Å². The molecule has 1 saturated heterocycles. The molecule has 130 valence electrons. The molecule has 2 aliphatic carbocycles. The average molecular weight is 334 g/mol. The molecular weight excluding hydrogens is 308 g/mol. The highest BCUT2D eigenvalue weighted by Crippen LogP contribution is 2.47. The summed E-state index contributed by atoms with van der Waals surface area (Å²) >= 11 is 0. The molecule has 0 amide bonds. The number of piperidine rings is 1. The summed E-state index contributed by atoms with van der Waals surface area (Å²) in [6.45, 7) is 1.08. The molecule has 4 aliphatic rings. The van der Waals surface area contributed by atoms with Gasteiger partial charge in [-0.1, -0.05) is 43.5 Å². The zero-order valence-electron chi connectivity index (χ0n) is 14.7. The molecular formula is C21H26N4. The molecule has 6 rings (SSSR count). The van der Waals surface area contributed by atoms with E-state index in [2.05, 4.69) is 45.5 Å². The summed E-state index contributed by atoms with van der Waals surface area (Å²) in [6, 6.07) is 12.1. The quantitative estimate of drug-likeness (QED) is 0.886. The second kappa shape index (κ2) is 6.32. The highest BCUT2D eigenvalue weighted by molar-refractivity contribution is 5.52. The molecule has 2 bridgehead atoms. The Morgan fingerprint density at radius 3 is 2.64 bits per heavy atom. The van der Waals surface area contributed by atoms with Crippen molar-refractivity contribution in [3.8, 4) is 0 Å². The first-order valence-corrected chi connectivity index (χ1v) is 9.83. The van der Waals surface area contributed by atoms with Gasteiger partial charge in [0, 0.05) is 24.7 Å². The van der Waals surface area contributed by atoms with E-state index in [1.165, 1.54) is 50.5 Å². The van der Waals surface area contributed by atoms with E-state index >= 15 is 0 Å². The van der Waals surface area contributed by atoms with Crippen molar-refractivity contribution in [2.75, 3.05) is 16.8 Å². The molecule has 1 aromatic heterocycles. The Kier molecular flexibility index (Phi) is 3.84. The second-order valence-electron chi connectivity index (χ2n) is 7.79. The van der Waals surface area contributed by atoms with Crippen LogP contribution in [0.4, 0.5) is 11.8 Å². The predicted octanol–water partition coefficient (Wildman–Crippen LogP) is 4.66. The number of nitrogens with one attached hydrogen (secondary N) is 1. The molecule has 2 aliphatic heterocycles. The fraction of sp³-hybridized carbons (Fsp3) is 0.524. The first-order chi connectivity index (χ1) is 12.4. The van der Waals surface area contributed by atoms with Gasteiger partial charge < -0.3 is 10.2 Å². The molecule has 0 unspecified atom stereocenters. The Morgan fingerprint density at radius 2 is 1.76 bits per heavy atom. The van der Waals surface area contributed by atoms with Gasteiger partial charge in [0.05, 0.1) is 6.04 Å². The van der Waals surface area contributed by atoms with Crippen molar-refractivity contribution in [2.45, 2.75) is 62.9 Å². The Morgan fingerprint density at radius 1 is 0.920 bits per heavy atom. The van der Waals surface area contributed by atoms with Gasteiger partial charge in [-0.15, -0.1) is 0 Å². The van der Waals surface area contributed by atoms with Crippen molar-refractivity contribution in [1.82, 2.24) is 9.97 Å². The number of fused-ring (bicyclic) bond motifs is 2. The molecule has 2 fully saturated rings. The number of rotatable bonds is 3. The fourth-order valence-electron chi connectivity index (χ4n) is 5.00. The molecule has 25 heavy (non-hydrogen) atoms. The van der Waals surface area contributed by atoms with Gasteiger partial charge in [-0.2, -0.15) is 4.98 Å². The Hall–Kier alpha value is -2.10. The van der Waals surface area contributed by atoms with E-state index in [1.807, 2.05) is 6.20 Å². The predicted molar refractivity (Wildman–Crippen MR) is 101 cm³/mol. The van der Waals surface area contributed by atoms with E-state index in [0.717, 1.165) is 18.3 Å². The molecule has 0 spiro atoms. The smallest absolute Gasteiger partial charge is 0.224 e. The van der Waals surface area contributed by atoms with Gasteiger partial charge in [-0.25, -0.2) is 4.98 Å². The molecule has 0 radical (unpaired) electrons. The van der Waals surface area contributed by atoms with Crippen LogP contribution in [0.3, 0.4) is 0 Å². The van der Waals surface area contributed by atoms with Crippen LogP contribution in [0.5, 0.6) is 0 Å². The maximum Gasteiger partial charge on any atom is 0.224 e. The normalized spacial score (nSPS) is 25.7. The number of hydrogen-bond acceptors (Lipinski definition) is 4. The van der Waals surface area contributed by atoms with Crippen molar-refractivity contribution in [3.63, 3.8) is 0 Å². The van der Waals surface area contributed by atoms with Gasteiger partial charge in [0.15, 0.2) is 0 Å². The topological polar surface area (TPSA) is 41.1 Å². The van der Waals surface area contributed by atoms with E-state index < -0.39 is 0 Å². The minimum Gasteiger partial charge on any atom is -0.351 e. The van der Waals surface area contributed by atoms with Crippen molar-refractivity contribution in [3.05, 3.63) is 47.7 Å². The number of aromatic nitrogens is 2. The lowest BCUT2D eigenvalue weighted by Gasteiger charge is -2.47. The lowest BCUT2D eigenvalue weighted by molar-refractivity contribution is 0.387. The van der Waals surface area contributed by atoms with E-state index in [0.29, 0.717) is 18.0 Å². The zero-order chi connectivity index (χ0) is 16.6. The maximum absolute atomic E-state index is 4.89. The molecule has 4 heteroatoms. The van der Waals surface area contributed by atoms with Crippen molar-refractivity contribution >= 4 is 11.8 Å². The van der Waals surface area contributed by atoms with Crippen LogP contribution in [0.2, 0.25) is 0 Å². The Bertz CT molecular complexity index is 753. The maximum atomic E-state index is 4.89. The summed E-state index contributed by atoms with van der Waals surface area (Å²) in [5.41, 5.74) is 3.06. The third kappa shape index (κ3) is 2.78. The van der Waals surface area contributed by atoms with Crippen LogP contribution in [0.15, 0.2) is 36.5 Å². The van der Waals surface area contributed by atoms with Gasteiger partial charge in [0.1, 0.15) is 5.82 Å². The summed E-state index contributed by atoms with van der Waals surface area (Å²) in [7, 11) is 0. The highest BCUT2D eigenvalue weighted by atomic mass is 15.3. The zero-order valence-corrected chi connectivity index (χ0v) is 14.7. The van der Waals surface area contributed by atoms with Crippen LogP contribution < -0.4 is 10.2 Å². The Labute approximate surface area is 149 Å². The highest BCUT2D eigenvalue weighted by Gasteiger charge is 2.38. The van der Waals surface area contributed by atoms with Crippen LogP contribution in [-0.4, -0.2) is 22.6 Å². The SMILES string of the molecule is c1ccc2c(c1)[C@H]1CC[C@H]2N(c2ccnc(NC3CCCCC3)n2)C1. The number of nitrogens with zero attached hydrogens (tertiary/aromatic N) is 3. The number of anilines is 2. The van der Waals surface area contributed by atoms with Crippen molar-refractivity contribution in [2.24, 2.45) is 0 Å². The molecule has 4 nitrogen and oxygen atoms in total. The number of hydrogen-bond donors (Lipinski definition) is 1. The average Bonchev–Trinajstić information content (AvgIpc) is 2.70. The molecule has 3 heterocycles. The molecule has 2 atom stereocenters. The monoisotopic (exact) mass is 334 g/mol. The van der Waals surface area contributed by atoms with Crippen LogP contribution in [0.25, 0.3) is 0 Å². The minimum atomic E-state index is 0.471. The van der Waals surface area contributed by atoms with Gasteiger partial charge >= 0.3 is 0 Å². The molecule has 2 aromatic rings. The van der Waals surface area contributed by atoms with Crippen molar-refractivity contribution < 1.29 is 0 Å². The minimum absolute atomic E-state index is 0.471. The summed E-state index contributed by atoms with van der Waals surface area (Å²) in [4.78, 5) is 11.9. The van der Waals surface area contributed by atoms with E-state index in [9.17, 15) is 0 Å². The van der Waals surface area contributed by atoms with Crippen molar-refractivity contribution in [1.29, 1.82) is 0 Å². The van der Waals surface area contributed by atoms with Gasteiger partial charge in [-0.3, -0.25) is 0 Å². The Balaban J connectivity index is 1.40. The standard InChI is InChI=1S/C21H26N4/c1-2-6-16(7-3-1)23-21-22-13-12-20(24-21)25-14-15-10-11-19(25)18-9-5-4-8-17(15)18/h4-5,8-9,12-13,15-16,19H,1-3,6-7,10-11,14H2,(H,22,23,24)/t15-,19+/m0/s1. The van der Waals surface area contributed by atoms with Gasteiger partial charge in [0.25, 0.3) is 0 Å². The largest absolute Gasteiger partial charge is 0.351 e. The van der Waals surface area contributed by atoms with E-state index in [-0.39, 0.29) is 0 Å². The first-order valence-electron chi connectivity index (χ1n) is 9.83. The summed E-state index contributed by atoms with van der Waals surface area (Å²) in [6.07, 6.45) is 11.0. The summed E-state index contributed by atoms with van der Waals surface area (Å²) in [5, 5.41) is 3.57. The van der Waals surface area contributed by atoms with Gasteiger partial charge in [-0.05, 0) is 42.9 Å². The molecule has 1 saturated carbocycles. The fourth-order valence-corrected chi connectivity index (χ4v) is 5.00. The van der Waals surface area contributed by atoms with Crippen LogP contribution in [0.1, 0.15) is 68.0 Å². The lowest BCUT2D eigenvalue weighted by Crippen LogP contribution is -2.43. The summed E-state index contributed by atoms with van der Waals surface area (Å²) < 4.78 is 0. The lowest BCUT2D eigenvalue weighted by atomic mass is 9.75. The van der Waals surface area contributed by atoms with Crippen LogP contribution in [-0.2, 0) is 0 Å². The third-order valence-electron chi connectivity index (χ3n) is 6.25. The first kappa shape index (κ1) is 15.2. The third-order valence-corrected chi connectivity index (χ3v) is 6.25. The molecule has 1 aromatic carbocycles. The molecule has 1 N–H and O–H groups in total. The number of benzene rings is 1. The van der Waals surface area contributed by atoms with Crippen LogP contribution >= 0.6 is 0 Å². The van der Waals surface area contributed by atoms with Crippen LogP contribution in [0, 0.1) is 0 Å². The summed E-state index contributed by atoms with van der Waals surface area (Å²) in [5.74, 6) is 2.53. The second-order valence-corrected chi connectivity index (χ2v) is 7.79. The van der Waals surface area contributed by atoms with E-state index in [1.54, 1.807) is 5.56 Å².